The molecular weight excluding hydrogens is 99.0 g/mol. The Morgan fingerprint density at radius 1 is 1.75 bits per heavy atom. The van der Waals surface area contributed by atoms with E-state index in [1.54, 1.807) is 6.92 Å². The molecule has 0 aliphatic heterocycles. The van der Waals surface area contributed by atoms with Crippen molar-refractivity contribution in [2.45, 2.75) is 6.92 Å². The Bertz CT molecular complexity index is 6.00. The van der Waals surface area contributed by atoms with E-state index in [4.69, 9.17) is 5.11 Å². The molecule has 27 valence electrons. The Balaban J connectivity index is 0. The van der Waals surface area contributed by atoms with Crippen molar-refractivity contribution in [3.05, 3.63) is 0 Å². The van der Waals surface area contributed by atoms with Crippen molar-refractivity contribution < 1.29 is 21.9 Å². The third-order valence-electron chi connectivity index (χ3n) is 0. The van der Waals surface area contributed by atoms with Gasteiger partial charge in [0.05, 0.1) is 0 Å². The zero-order valence-electron chi connectivity index (χ0n) is 2.45. The van der Waals surface area contributed by atoms with E-state index in [0.29, 0.717) is 0 Å². The van der Waals surface area contributed by atoms with Crippen molar-refractivity contribution >= 4 is 0 Å². The van der Waals surface area contributed by atoms with Gasteiger partial charge in [-0.1, -0.05) is 6.92 Å². The van der Waals surface area contributed by atoms with Gasteiger partial charge in [-0.3, -0.25) is 0 Å². The summed E-state index contributed by atoms with van der Waals surface area (Å²) in [6.45, 7) is 1.57. The zero-order chi connectivity index (χ0) is 2.71. The second kappa shape index (κ2) is 9.81. The van der Waals surface area contributed by atoms with Crippen LogP contribution >= 0.6 is 0 Å². The van der Waals surface area contributed by atoms with E-state index in [9.17, 15) is 0 Å². The van der Waals surface area contributed by atoms with E-state index < -0.39 is 0 Å². The minimum absolute atomic E-state index is 0. The first-order valence-corrected chi connectivity index (χ1v) is 0.996. The van der Waals surface area contributed by atoms with Crippen molar-refractivity contribution in [2.24, 2.45) is 0 Å². The molecule has 0 amide bonds. The van der Waals surface area contributed by atoms with Crippen molar-refractivity contribution in [1.29, 1.82) is 0 Å². The van der Waals surface area contributed by atoms with Gasteiger partial charge in [-0.2, -0.15) is 0 Å². The average Bonchev–Trinajstić information content (AvgIpc) is 0.918. The topological polar surface area (TPSA) is 23.1 Å². The molecule has 0 bridgehead atoms. The molecule has 0 aliphatic rings. The normalized spacial score (nSPS) is 4.50. The summed E-state index contributed by atoms with van der Waals surface area (Å²) in [7, 11) is 0. The van der Waals surface area contributed by atoms with Gasteiger partial charge < -0.3 is 5.11 Å². The third kappa shape index (κ3) is 24.4. The molecule has 0 atom stereocenters. The minimum Gasteiger partial charge on any atom is -0.855 e. The van der Waals surface area contributed by atoms with Gasteiger partial charge in [-0.05, 0) is 0 Å². The van der Waals surface area contributed by atoms with E-state index in [-0.39, 0.29) is 23.4 Å². The van der Waals surface area contributed by atoms with Gasteiger partial charge in [0.2, 0.25) is 0 Å². The third-order valence-corrected chi connectivity index (χ3v) is 0. The molecule has 0 rings (SSSR count). The fraction of sp³-hybridized carbons (Fsp3) is 1.00. The Morgan fingerprint density at radius 2 is 1.75 bits per heavy atom. The van der Waals surface area contributed by atoms with Crippen LogP contribution in [0.3, 0.4) is 0 Å². The van der Waals surface area contributed by atoms with E-state index in [0.717, 1.165) is 0 Å². The van der Waals surface area contributed by atoms with E-state index in [1.807, 2.05) is 0 Å². The van der Waals surface area contributed by atoms with E-state index in [1.165, 1.54) is 0 Å². The standard InChI is InChI=1S/C2H5O.Co/c1-2-3;/h2H2,1H3;/q-1;+2. The van der Waals surface area contributed by atoms with Crippen LogP contribution in [0.25, 0.3) is 0 Å². The maximum Gasteiger partial charge on any atom is 2.00 e. The molecule has 0 spiro atoms. The fourth-order valence-corrected chi connectivity index (χ4v) is 0. The Kier molecular flexibility index (Phi) is 21.6. The van der Waals surface area contributed by atoms with Gasteiger partial charge in [-0.25, -0.2) is 0 Å². The molecule has 0 heterocycles. The molecule has 4 heavy (non-hydrogen) atoms. The van der Waals surface area contributed by atoms with Crippen molar-refractivity contribution in [1.82, 2.24) is 0 Å². The molecule has 0 N–H and O–H groups in total. The van der Waals surface area contributed by atoms with Crippen molar-refractivity contribution in [3.63, 3.8) is 0 Å². The molecule has 0 saturated heterocycles. The number of rotatable bonds is 0. The molecule has 1 radical (unpaired) electrons. The zero-order valence-corrected chi connectivity index (χ0v) is 3.49. The number of hydrogen-bond acceptors (Lipinski definition) is 1. The van der Waals surface area contributed by atoms with Crippen LogP contribution < -0.4 is 5.11 Å². The van der Waals surface area contributed by atoms with Crippen LogP contribution in [0.15, 0.2) is 0 Å². The van der Waals surface area contributed by atoms with Crippen LogP contribution in [0.4, 0.5) is 0 Å². The summed E-state index contributed by atoms with van der Waals surface area (Å²) in [5, 5.41) is 8.93. The molecule has 0 aromatic carbocycles. The molecule has 1 nitrogen and oxygen atoms in total. The van der Waals surface area contributed by atoms with Gasteiger partial charge in [0.25, 0.3) is 0 Å². The summed E-state index contributed by atoms with van der Waals surface area (Å²) in [4.78, 5) is 0. The molecular formula is C2H5CoO+. The summed E-state index contributed by atoms with van der Waals surface area (Å²) >= 11 is 0. The van der Waals surface area contributed by atoms with Crippen LogP contribution in [-0.2, 0) is 16.8 Å². The summed E-state index contributed by atoms with van der Waals surface area (Å²) in [5.74, 6) is 0. The fourth-order valence-electron chi connectivity index (χ4n) is 0. The van der Waals surface area contributed by atoms with E-state index in [2.05, 4.69) is 0 Å². The van der Waals surface area contributed by atoms with Gasteiger partial charge in [0.1, 0.15) is 0 Å². The summed E-state index contributed by atoms with van der Waals surface area (Å²) in [5.41, 5.74) is 0. The first-order chi connectivity index (χ1) is 1.41. The molecule has 2 heteroatoms. The van der Waals surface area contributed by atoms with Gasteiger partial charge in [-0.15, -0.1) is 6.61 Å². The van der Waals surface area contributed by atoms with Crippen molar-refractivity contribution in [2.75, 3.05) is 6.61 Å². The largest absolute Gasteiger partial charge is 2.00 e. The van der Waals surface area contributed by atoms with E-state index >= 15 is 0 Å². The quantitative estimate of drug-likeness (QED) is 0.401. The molecule has 0 unspecified atom stereocenters. The first-order valence-electron chi connectivity index (χ1n) is 0.996. The van der Waals surface area contributed by atoms with Crippen LogP contribution in [0.5, 0.6) is 0 Å². The Hall–Kier alpha value is 0.466. The molecule has 0 saturated carbocycles. The average molecular weight is 104 g/mol. The predicted molar refractivity (Wildman–Crippen MR) is 10.5 cm³/mol. The summed E-state index contributed by atoms with van der Waals surface area (Å²) in [6, 6.07) is 0. The predicted octanol–water partition coefficient (Wildman–Crippen LogP) is -0.636. The Labute approximate surface area is 36.2 Å². The summed E-state index contributed by atoms with van der Waals surface area (Å²) in [6.07, 6.45) is 0. The molecule has 0 fully saturated rings. The van der Waals surface area contributed by atoms with Gasteiger partial charge in [0.15, 0.2) is 0 Å². The first kappa shape index (κ1) is 8.82. The van der Waals surface area contributed by atoms with Crippen LogP contribution in [0.2, 0.25) is 0 Å². The van der Waals surface area contributed by atoms with Gasteiger partial charge in [0, 0.05) is 0 Å². The Morgan fingerprint density at radius 3 is 1.75 bits per heavy atom. The van der Waals surface area contributed by atoms with Crippen LogP contribution in [0.1, 0.15) is 6.92 Å². The smallest absolute Gasteiger partial charge is 0.855 e. The minimum atomic E-state index is 0. The van der Waals surface area contributed by atoms with Crippen LogP contribution in [-0.4, -0.2) is 6.61 Å². The maximum absolute atomic E-state index is 8.93. The maximum atomic E-state index is 8.93. The SMILES string of the molecule is CC[O-].[Co+2]. The molecule has 0 aromatic rings. The monoisotopic (exact) mass is 104 g/mol. The second-order valence-electron chi connectivity index (χ2n) is 0.289. The van der Waals surface area contributed by atoms with Crippen LogP contribution in [0, 0.1) is 0 Å². The second-order valence-corrected chi connectivity index (χ2v) is 0.289. The molecule has 0 aromatic heterocycles. The molecule has 0 aliphatic carbocycles. The number of hydrogen-bond donors (Lipinski definition) is 0. The van der Waals surface area contributed by atoms with Gasteiger partial charge >= 0.3 is 16.8 Å². The van der Waals surface area contributed by atoms with Crippen molar-refractivity contribution in [3.8, 4) is 0 Å². The summed E-state index contributed by atoms with van der Waals surface area (Å²) < 4.78 is 0.